The van der Waals surface area contributed by atoms with Crippen LogP contribution in [-0.4, -0.2) is 120 Å². The number of hydrogen-bond acceptors (Lipinski definition) is 11. The Labute approximate surface area is 339 Å². The molecule has 58 heavy (non-hydrogen) atoms. The van der Waals surface area contributed by atoms with Crippen molar-refractivity contribution in [2.24, 2.45) is 51.6 Å². The zero-order valence-corrected chi connectivity index (χ0v) is 35.0. The highest BCUT2D eigenvalue weighted by molar-refractivity contribution is 5.97. The molecule has 0 unspecified atom stereocenters. The van der Waals surface area contributed by atoms with E-state index in [1.165, 1.54) is 6.92 Å². The zero-order chi connectivity index (χ0) is 45.0. The van der Waals surface area contributed by atoms with Crippen molar-refractivity contribution in [3.05, 3.63) is 0 Å². The molecular weight excluding hydrogens is 760 g/mol. The van der Waals surface area contributed by atoms with Crippen LogP contribution in [0.3, 0.4) is 0 Å². The van der Waals surface area contributed by atoms with Gasteiger partial charge < -0.3 is 65.3 Å². The molecule has 8 amide bonds. The van der Waals surface area contributed by atoms with Crippen LogP contribution in [0.5, 0.6) is 0 Å². The fraction of sp³-hybridized carbons (Fsp3) is 0.722. The van der Waals surface area contributed by atoms with Gasteiger partial charge in [0.05, 0.1) is 6.54 Å². The van der Waals surface area contributed by atoms with Gasteiger partial charge in [0, 0.05) is 13.0 Å². The molecule has 22 heteroatoms. The Kier molecular flexibility index (Phi) is 23.2. The minimum absolute atomic E-state index is 0.0121. The fourth-order valence-corrected chi connectivity index (χ4v) is 5.36. The summed E-state index contributed by atoms with van der Waals surface area (Å²) in [6.45, 7) is 14.2. The van der Waals surface area contributed by atoms with Crippen LogP contribution in [0.2, 0.25) is 0 Å². The highest BCUT2D eigenvalue weighted by Gasteiger charge is 2.36. The van der Waals surface area contributed by atoms with Crippen LogP contribution in [0.4, 0.5) is 0 Å². The SMILES string of the molecule is CC(C)[C@H](NC(=O)[C@H](C)NC(=O)[C@@H](NC(=O)[C@@H](NC(=O)[C@@H](NC(=O)[C@H](CCC(N)=O)NC(=O)CN)C(C)C)C(C)C)C(C)C)C(=O)N[C@@H](CCCN=C(N)N)C(=O)O. The van der Waals surface area contributed by atoms with E-state index in [2.05, 4.69) is 42.2 Å². The molecule has 0 aliphatic rings. The van der Waals surface area contributed by atoms with Crippen LogP contribution in [0.25, 0.3) is 0 Å². The van der Waals surface area contributed by atoms with E-state index in [-0.39, 0.29) is 38.2 Å². The lowest BCUT2D eigenvalue weighted by Crippen LogP contribution is -2.62. The molecule has 0 radical (unpaired) electrons. The largest absolute Gasteiger partial charge is 0.480 e. The molecule has 0 saturated heterocycles. The maximum absolute atomic E-state index is 13.7. The second-order valence-corrected chi connectivity index (χ2v) is 15.3. The number of carbonyl (C=O) groups excluding carboxylic acids is 8. The summed E-state index contributed by atoms with van der Waals surface area (Å²) in [5.74, 6) is -9.38. The monoisotopic (exact) mass is 827 g/mol. The third-order valence-corrected chi connectivity index (χ3v) is 8.82. The van der Waals surface area contributed by atoms with E-state index in [0.29, 0.717) is 0 Å². The highest BCUT2D eigenvalue weighted by Crippen LogP contribution is 2.11. The number of primary amides is 1. The maximum Gasteiger partial charge on any atom is 0.326 e. The van der Waals surface area contributed by atoms with Gasteiger partial charge >= 0.3 is 5.97 Å². The molecule has 0 aliphatic carbocycles. The molecule has 0 saturated carbocycles. The predicted molar refractivity (Wildman–Crippen MR) is 214 cm³/mol. The number of carboxylic acid groups (broad SMARTS) is 1. The second kappa shape index (κ2) is 25.7. The van der Waals surface area contributed by atoms with Gasteiger partial charge in [-0.05, 0) is 49.9 Å². The quantitative estimate of drug-likeness (QED) is 0.0228. The summed E-state index contributed by atoms with van der Waals surface area (Å²) in [6.07, 6.45) is -0.122. The Bertz CT molecular complexity index is 1480. The van der Waals surface area contributed by atoms with Gasteiger partial charge in [0.25, 0.3) is 0 Å². The molecule has 7 atom stereocenters. The number of nitrogens with two attached hydrogens (primary N) is 4. The normalized spacial score (nSPS) is 14.8. The lowest BCUT2D eigenvalue weighted by Gasteiger charge is -2.30. The number of aliphatic imine (C=N–C) groups is 1. The summed E-state index contributed by atoms with van der Waals surface area (Å²) in [4.78, 5) is 119. The van der Waals surface area contributed by atoms with Gasteiger partial charge in [0.1, 0.15) is 42.3 Å². The summed E-state index contributed by atoms with van der Waals surface area (Å²) < 4.78 is 0. The Balaban J connectivity index is 5.86. The first kappa shape index (κ1) is 52.5. The number of aliphatic carboxylic acids is 1. The van der Waals surface area contributed by atoms with E-state index in [9.17, 15) is 48.3 Å². The molecule has 0 spiro atoms. The smallest absolute Gasteiger partial charge is 0.326 e. The molecule has 330 valence electrons. The molecule has 16 N–H and O–H groups in total. The number of nitrogens with zero attached hydrogens (tertiary/aromatic N) is 1. The van der Waals surface area contributed by atoms with Crippen molar-refractivity contribution in [1.29, 1.82) is 0 Å². The van der Waals surface area contributed by atoms with E-state index >= 15 is 0 Å². The van der Waals surface area contributed by atoms with Crippen molar-refractivity contribution < 1.29 is 48.3 Å². The van der Waals surface area contributed by atoms with Crippen LogP contribution in [-0.2, 0) is 43.2 Å². The van der Waals surface area contributed by atoms with E-state index in [4.69, 9.17) is 22.9 Å². The number of nitrogens with one attached hydrogen (secondary N) is 7. The first-order valence-corrected chi connectivity index (χ1v) is 19.2. The van der Waals surface area contributed by atoms with Crippen molar-refractivity contribution in [2.75, 3.05) is 13.1 Å². The number of carbonyl (C=O) groups is 9. The van der Waals surface area contributed by atoms with Gasteiger partial charge in [-0.1, -0.05) is 55.4 Å². The number of rotatable bonds is 26. The number of amides is 8. The van der Waals surface area contributed by atoms with E-state index in [1.807, 2.05) is 0 Å². The lowest BCUT2D eigenvalue weighted by molar-refractivity contribution is -0.142. The molecule has 0 aromatic carbocycles. The summed E-state index contributed by atoms with van der Waals surface area (Å²) in [6, 6.07) is -8.50. The summed E-state index contributed by atoms with van der Waals surface area (Å²) in [7, 11) is 0. The summed E-state index contributed by atoms with van der Waals surface area (Å²) in [5.41, 5.74) is 21.1. The van der Waals surface area contributed by atoms with E-state index < -0.39 is 126 Å². The Morgan fingerprint density at radius 2 is 0.914 bits per heavy atom. The van der Waals surface area contributed by atoms with Crippen molar-refractivity contribution >= 4 is 59.2 Å². The number of hydrogen-bond donors (Lipinski definition) is 12. The van der Waals surface area contributed by atoms with Crippen LogP contribution < -0.4 is 60.2 Å². The zero-order valence-electron chi connectivity index (χ0n) is 35.0. The molecule has 0 aliphatic heterocycles. The lowest BCUT2D eigenvalue weighted by atomic mass is 9.97. The number of guanidine groups is 1. The molecule has 22 nitrogen and oxygen atoms in total. The minimum Gasteiger partial charge on any atom is -0.480 e. The molecule has 0 aromatic heterocycles. The van der Waals surface area contributed by atoms with Crippen molar-refractivity contribution in [3.63, 3.8) is 0 Å². The average molecular weight is 827 g/mol. The Morgan fingerprint density at radius 3 is 1.29 bits per heavy atom. The Morgan fingerprint density at radius 1 is 0.517 bits per heavy atom. The van der Waals surface area contributed by atoms with Crippen LogP contribution in [0.1, 0.15) is 88.0 Å². The van der Waals surface area contributed by atoms with Gasteiger partial charge in [-0.2, -0.15) is 0 Å². The third kappa shape index (κ3) is 19.1. The highest BCUT2D eigenvalue weighted by atomic mass is 16.4. The molecule has 0 rings (SSSR count). The molecule has 0 heterocycles. The topological polar surface area (TPSA) is 375 Å². The average Bonchev–Trinajstić information content (AvgIpc) is 3.11. The third-order valence-electron chi connectivity index (χ3n) is 8.82. The first-order valence-electron chi connectivity index (χ1n) is 19.2. The second-order valence-electron chi connectivity index (χ2n) is 15.3. The maximum atomic E-state index is 13.7. The van der Waals surface area contributed by atoms with Gasteiger partial charge in [-0.3, -0.25) is 43.3 Å². The minimum atomic E-state index is -1.29. The van der Waals surface area contributed by atoms with E-state index in [1.54, 1.807) is 55.4 Å². The van der Waals surface area contributed by atoms with Gasteiger partial charge in [-0.25, -0.2) is 4.79 Å². The van der Waals surface area contributed by atoms with Crippen molar-refractivity contribution in [2.45, 2.75) is 130 Å². The Hall–Kier alpha value is -5.54. The van der Waals surface area contributed by atoms with Crippen molar-refractivity contribution in [1.82, 2.24) is 37.2 Å². The molecule has 0 fully saturated rings. The number of carboxylic acids is 1. The predicted octanol–water partition coefficient (Wildman–Crippen LogP) is -3.61. The summed E-state index contributed by atoms with van der Waals surface area (Å²) >= 11 is 0. The summed E-state index contributed by atoms with van der Waals surface area (Å²) in [5, 5.41) is 27.4. The van der Waals surface area contributed by atoms with E-state index in [0.717, 1.165) is 0 Å². The van der Waals surface area contributed by atoms with Gasteiger partial charge in [-0.15, -0.1) is 0 Å². The van der Waals surface area contributed by atoms with Gasteiger partial charge in [0.15, 0.2) is 5.96 Å². The molecular formula is C36H66N12O10. The molecule has 0 bridgehead atoms. The van der Waals surface area contributed by atoms with Crippen LogP contribution >= 0.6 is 0 Å². The first-order chi connectivity index (χ1) is 26.8. The molecule has 0 aromatic rings. The van der Waals surface area contributed by atoms with Crippen LogP contribution in [0.15, 0.2) is 4.99 Å². The van der Waals surface area contributed by atoms with Crippen LogP contribution in [0, 0.1) is 23.7 Å². The standard InChI is InChI=1S/C36H66N12O10/c1-16(2)25(31(53)42-20(9)29(51)45-26(17(3)4)32(54)44-22(35(57)58)11-10-14-41-36(39)40)47-34(56)28(19(7)8)48-33(55)27(18(5)6)46-30(52)21(12-13-23(38)49)43-24(50)15-37/h16-22,25-28H,10-15,37H2,1-9H3,(H2,38,49)(H,42,53)(H,43,50)(H,44,54)(H,45,51)(H,46,52)(H,47,56)(H,48,55)(H,57,58)(H4,39,40,41)/t20-,21-,22-,25-,26-,27-,28-/m0/s1. The van der Waals surface area contributed by atoms with Gasteiger partial charge in [0.2, 0.25) is 47.3 Å². The fourth-order valence-electron chi connectivity index (χ4n) is 5.36. The van der Waals surface area contributed by atoms with Crippen molar-refractivity contribution in [3.8, 4) is 0 Å².